The van der Waals surface area contributed by atoms with E-state index in [1.807, 2.05) is 30.3 Å². The van der Waals surface area contributed by atoms with Crippen molar-refractivity contribution >= 4 is 17.8 Å². The summed E-state index contributed by atoms with van der Waals surface area (Å²) in [5.41, 5.74) is 2.63. The summed E-state index contributed by atoms with van der Waals surface area (Å²) in [5, 5.41) is 0.168. The third-order valence-corrected chi connectivity index (χ3v) is 8.42. The first-order chi connectivity index (χ1) is 19.9. The molecule has 1 saturated heterocycles. The number of rotatable bonds is 10. The zero-order valence-electron chi connectivity index (χ0n) is 23.5. The van der Waals surface area contributed by atoms with Gasteiger partial charge in [-0.1, -0.05) is 48.5 Å². The number of hydrogen-bond donors (Lipinski definition) is 0. The molecule has 0 aliphatic carbocycles. The molecule has 4 aromatic rings. The van der Waals surface area contributed by atoms with Crippen LogP contribution in [-0.2, 0) is 6.54 Å². The molecule has 214 valence electrons. The normalized spacial score (nSPS) is 15.0. The standard InChI is InChI=1S/C32H34F2N4O2S/c1-22-28(40-27-16-18-37(19-17-27)23(2)25-8-5-4-6-9-25)20-35-32(31(22)34)41-38(30-11-7-10-29(33)36-30)21-24-12-14-26(39-3)15-13-24/h4-15,20,23,27H,16-19,21H2,1-3H3. The van der Waals surface area contributed by atoms with Crippen LogP contribution in [0.25, 0.3) is 0 Å². The van der Waals surface area contributed by atoms with Gasteiger partial charge in [-0.3, -0.25) is 9.21 Å². The Morgan fingerprint density at radius 2 is 1.73 bits per heavy atom. The molecule has 1 aliphatic rings. The lowest BCUT2D eigenvalue weighted by molar-refractivity contribution is 0.0787. The Kier molecular flexibility index (Phi) is 9.36. The lowest BCUT2D eigenvalue weighted by atomic mass is 10.0. The number of hydrogen-bond acceptors (Lipinski definition) is 7. The monoisotopic (exact) mass is 576 g/mol. The summed E-state index contributed by atoms with van der Waals surface area (Å²) in [4.78, 5) is 10.9. The molecule has 3 heterocycles. The molecule has 2 aromatic carbocycles. The maximum absolute atomic E-state index is 15.7. The summed E-state index contributed by atoms with van der Waals surface area (Å²) in [7, 11) is 1.60. The van der Waals surface area contributed by atoms with E-state index in [9.17, 15) is 4.39 Å². The van der Waals surface area contributed by atoms with Gasteiger partial charge in [0.25, 0.3) is 0 Å². The van der Waals surface area contributed by atoms with E-state index in [-0.39, 0.29) is 11.1 Å². The van der Waals surface area contributed by atoms with Gasteiger partial charge in [0.05, 0.1) is 19.9 Å². The first-order valence-electron chi connectivity index (χ1n) is 13.7. The lowest BCUT2D eigenvalue weighted by Gasteiger charge is -2.36. The van der Waals surface area contributed by atoms with Gasteiger partial charge >= 0.3 is 0 Å². The predicted octanol–water partition coefficient (Wildman–Crippen LogP) is 7.39. The number of nitrogens with zero attached hydrogens (tertiary/aromatic N) is 4. The molecular formula is C32H34F2N4O2S. The van der Waals surface area contributed by atoms with Crippen LogP contribution in [0, 0.1) is 18.7 Å². The molecule has 41 heavy (non-hydrogen) atoms. The van der Waals surface area contributed by atoms with Crippen LogP contribution in [0.1, 0.15) is 42.5 Å². The summed E-state index contributed by atoms with van der Waals surface area (Å²) in [6.45, 7) is 6.10. The first-order valence-corrected chi connectivity index (χ1v) is 14.5. The van der Waals surface area contributed by atoms with Crippen molar-refractivity contribution in [2.24, 2.45) is 0 Å². The molecule has 1 fully saturated rings. The van der Waals surface area contributed by atoms with Gasteiger partial charge < -0.3 is 9.47 Å². The highest BCUT2D eigenvalue weighted by Gasteiger charge is 2.26. The number of methoxy groups -OCH3 is 1. The average molecular weight is 577 g/mol. The number of piperidine rings is 1. The molecule has 0 bridgehead atoms. The van der Waals surface area contributed by atoms with Crippen molar-refractivity contribution in [2.75, 3.05) is 24.5 Å². The highest BCUT2D eigenvalue weighted by atomic mass is 32.2. The quantitative estimate of drug-likeness (QED) is 0.144. The second-order valence-corrected chi connectivity index (χ2v) is 11.1. The number of halogens is 2. The molecular weight excluding hydrogens is 542 g/mol. The Hall–Kier alpha value is -3.69. The van der Waals surface area contributed by atoms with E-state index >= 15 is 4.39 Å². The minimum absolute atomic E-state index is 0.00399. The highest BCUT2D eigenvalue weighted by Crippen LogP contribution is 2.35. The van der Waals surface area contributed by atoms with E-state index in [4.69, 9.17) is 9.47 Å². The molecule has 0 N–H and O–H groups in total. The van der Waals surface area contributed by atoms with Gasteiger partial charge in [0.1, 0.15) is 23.4 Å². The molecule has 2 aromatic heterocycles. The van der Waals surface area contributed by atoms with Crippen LogP contribution in [0.3, 0.4) is 0 Å². The third kappa shape index (κ3) is 7.15. The Morgan fingerprint density at radius 3 is 2.41 bits per heavy atom. The van der Waals surface area contributed by atoms with Crippen molar-refractivity contribution < 1.29 is 18.3 Å². The second kappa shape index (κ2) is 13.3. The van der Waals surface area contributed by atoms with Crippen molar-refractivity contribution in [2.45, 2.75) is 50.4 Å². The summed E-state index contributed by atoms with van der Waals surface area (Å²) in [6.07, 6.45) is 3.30. The van der Waals surface area contributed by atoms with Gasteiger partial charge in [-0.2, -0.15) is 4.39 Å². The van der Waals surface area contributed by atoms with Crippen LogP contribution in [-0.4, -0.2) is 41.2 Å². The van der Waals surface area contributed by atoms with Gasteiger partial charge in [-0.15, -0.1) is 0 Å². The molecule has 1 unspecified atom stereocenters. The van der Waals surface area contributed by atoms with Gasteiger partial charge in [-0.05, 0) is 62.1 Å². The molecule has 9 heteroatoms. The maximum atomic E-state index is 15.7. The van der Waals surface area contributed by atoms with Crippen molar-refractivity contribution in [3.63, 3.8) is 0 Å². The smallest absolute Gasteiger partial charge is 0.214 e. The largest absolute Gasteiger partial charge is 0.497 e. The van der Waals surface area contributed by atoms with E-state index < -0.39 is 11.8 Å². The number of benzene rings is 2. The highest BCUT2D eigenvalue weighted by molar-refractivity contribution is 8.00. The average Bonchev–Trinajstić information content (AvgIpc) is 3.01. The fraction of sp³-hybridized carbons (Fsp3) is 0.312. The number of aromatic nitrogens is 2. The van der Waals surface area contributed by atoms with Crippen LogP contribution in [0.15, 0.2) is 84.0 Å². The Bertz CT molecular complexity index is 1430. The fourth-order valence-corrected chi connectivity index (χ4v) is 5.87. The number of anilines is 1. The predicted molar refractivity (Wildman–Crippen MR) is 158 cm³/mol. The van der Waals surface area contributed by atoms with Crippen LogP contribution in [0.4, 0.5) is 14.6 Å². The minimum Gasteiger partial charge on any atom is -0.497 e. The number of pyridine rings is 2. The van der Waals surface area contributed by atoms with Gasteiger partial charge in [0.2, 0.25) is 5.95 Å². The second-order valence-electron chi connectivity index (χ2n) is 10.1. The molecule has 6 nitrogen and oxygen atoms in total. The lowest BCUT2D eigenvalue weighted by Crippen LogP contribution is -2.39. The number of ether oxygens (including phenoxy) is 2. The van der Waals surface area contributed by atoms with Crippen LogP contribution >= 0.6 is 11.9 Å². The van der Waals surface area contributed by atoms with Crippen molar-refractivity contribution in [1.29, 1.82) is 0 Å². The van der Waals surface area contributed by atoms with E-state index in [1.165, 1.54) is 11.6 Å². The molecule has 0 spiro atoms. The molecule has 1 aliphatic heterocycles. The first kappa shape index (κ1) is 28.8. The zero-order chi connectivity index (χ0) is 28.8. The third-order valence-electron chi connectivity index (χ3n) is 7.42. The Balaban J connectivity index is 1.27. The zero-order valence-corrected chi connectivity index (χ0v) is 24.3. The summed E-state index contributed by atoms with van der Waals surface area (Å²) in [5.74, 6) is 0.472. The summed E-state index contributed by atoms with van der Waals surface area (Å²) >= 11 is 1.08. The van der Waals surface area contributed by atoms with Crippen LogP contribution < -0.4 is 13.8 Å². The fourth-order valence-electron chi connectivity index (χ4n) is 4.92. The molecule has 5 rings (SSSR count). The van der Waals surface area contributed by atoms with Crippen LogP contribution in [0.5, 0.6) is 11.5 Å². The number of likely N-dealkylation sites (tertiary alicyclic amines) is 1. The summed E-state index contributed by atoms with van der Waals surface area (Å²) in [6, 6.07) is 22.9. The van der Waals surface area contributed by atoms with Gasteiger partial charge in [0.15, 0.2) is 10.8 Å². The van der Waals surface area contributed by atoms with Crippen molar-refractivity contribution in [3.8, 4) is 11.5 Å². The van der Waals surface area contributed by atoms with Gasteiger partial charge in [-0.25, -0.2) is 14.4 Å². The van der Waals surface area contributed by atoms with Crippen LogP contribution in [0.2, 0.25) is 0 Å². The van der Waals surface area contributed by atoms with Gasteiger partial charge in [0, 0.05) is 36.6 Å². The SMILES string of the molecule is COc1ccc(CN(Sc2ncc(OC3CCN(C(C)c4ccccc4)CC3)c(C)c2F)c2cccc(F)n2)cc1. The van der Waals surface area contributed by atoms with Crippen molar-refractivity contribution in [3.05, 3.63) is 107 Å². The molecule has 0 amide bonds. The van der Waals surface area contributed by atoms with E-state index in [0.717, 1.165) is 49.2 Å². The van der Waals surface area contributed by atoms with E-state index in [1.54, 1.807) is 36.7 Å². The summed E-state index contributed by atoms with van der Waals surface area (Å²) < 4.78 is 42.9. The Labute approximate surface area is 244 Å². The molecule has 1 atom stereocenters. The van der Waals surface area contributed by atoms with E-state index in [2.05, 4.69) is 46.1 Å². The van der Waals surface area contributed by atoms with Crippen molar-refractivity contribution in [1.82, 2.24) is 14.9 Å². The minimum atomic E-state index is -0.611. The Morgan fingerprint density at radius 1 is 1.00 bits per heavy atom. The van der Waals surface area contributed by atoms with E-state index in [0.29, 0.717) is 29.7 Å². The maximum Gasteiger partial charge on any atom is 0.214 e. The molecule has 0 saturated carbocycles. The molecule has 0 radical (unpaired) electrons. The topological polar surface area (TPSA) is 50.7 Å².